The zero-order chi connectivity index (χ0) is 19.2. The molecule has 0 fully saturated rings. The Bertz CT molecular complexity index is 897. The van der Waals surface area contributed by atoms with Crippen LogP contribution in [0, 0.1) is 4.91 Å². The number of nitrogens with zero attached hydrogens (tertiary/aromatic N) is 2. The minimum Gasteiger partial charge on any atom is -0.497 e. The fourth-order valence-corrected chi connectivity index (χ4v) is 3.21. The SMILES string of the molecule is CCCCn1c(-c2ccc(OC)cc2)cc(N=O)c1-c1ccc(OC)cc1. The molecule has 3 aromatic rings. The van der Waals surface area contributed by atoms with Crippen LogP contribution < -0.4 is 9.47 Å². The van der Waals surface area contributed by atoms with Crippen LogP contribution in [0.15, 0.2) is 59.8 Å². The molecule has 1 aromatic heterocycles. The number of aromatic nitrogens is 1. The summed E-state index contributed by atoms with van der Waals surface area (Å²) in [4.78, 5) is 11.6. The minimum absolute atomic E-state index is 0.446. The molecule has 1 heterocycles. The molecule has 5 heteroatoms. The average Bonchev–Trinajstić information content (AvgIpc) is 3.10. The highest BCUT2D eigenvalue weighted by Gasteiger charge is 2.18. The smallest absolute Gasteiger partial charge is 0.134 e. The van der Waals surface area contributed by atoms with Gasteiger partial charge in [0.05, 0.1) is 25.6 Å². The standard InChI is InChI=1S/C22H24N2O3/c1-4-5-14-24-21(16-6-10-18(26-2)11-7-16)15-20(23-25)22(24)17-8-12-19(27-3)13-9-17/h6-13,15H,4-5,14H2,1-3H3. The third kappa shape index (κ3) is 3.87. The molecule has 0 spiro atoms. The van der Waals surface area contributed by atoms with Crippen molar-refractivity contribution in [1.29, 1.82) is 0 Å². The van der Waals surface area contributed by atoms with Gasteiger partial charge in [-0.05, 0) is 71.8 Å². The van der Waals surface area contributed by atoms with E-state index in [0.717, 1.165) is 53.4 Å². The number of nitroso groups, excluding NO2 is 1. The van der Waals surface area contributed by atoms with Crippen molar-refractivity contribution < 1.29 is 9.47 Å². The topological polar surface area (TPSA) is 52.8 Å². The molecular formula is C22H24N2O3. The molecule has 0 N–H and O–H groups in total. The van der Waals surface area contributed by atoms with Gasteiger partial charge in [-0.15, -0.1) is 4.91 Å². The highest BCUT2D eigenvalue weighted by Crippen LogP contribution is 2.39. The van der Waals surface area contributed by atoms with E-state index in [1.165, 1.54) is 0 Å². The second kappa shape index (κ2) is 8.54. The summed E-state index contributed by atoms with van der Waals surface area (Å²) in [5.41, 5.74) is 4.23. The van der Waals surface area contributed by atoms with E-state index < -0.39 is 0 Å². The van der Waals surface area contributed by atoms with Gasteiger partial charge in [-0.1, -0.05) is 13.3 Å². The Morgan fingerprint density at radius 1 is 0.889 bits per heavy atom. The first kappa shape index (κ1) is 18.7. The van der Waals surface area contributed by atoms with Crippen LogP contribution in [-0.4, -0.2) is 18.8 Å². The Hall–Kier alpha value is -3.08. The molecule has 0 radical (unpaired) electrons. The van der Waals surface area contributed by atoms with Crippen LogP contribution >= 0.6 is 0 Å². The highest BCUT2D eigenvalue weighted by molar-refractivity contribution is 5.81. The van der Waals surface area contributed by atoms with Gasteiger partial charge in [0, 0.05) is 12.1 Å². The van der Waals surface area contributed by atoms with Crippen LogP contribution in [0.25, 0.3) is 22.5 Å². The van der Waals surface area contributed by atoms with Gasteiger partial charge in [-0.3, -0.25) is 0 Å². The number of benzene rings is 2. The van der Waals surface area contributed by atoms with E-state index >= 15 is 0 Å². The molecule has 140 valence electrons. The second-order valence-electron chi connectivity index (χ2n) is 6.32. The maximum Gasteiger partial charge on any atom is 0.134 e. The molecule has 0 saturated heterocycles. The third-order valence-corrected chi connectivity index (χ3v) is 4.66. The third-order valence-electron chi connectivity index (χ3n) is 4.66. The molecule has 0 unspecified atom stereocenters. The summed E-state index contributed by atoms with van der Waals surface area (Å²) in [6.45, 7) is 2.97. The van der Waals surface area contributed by atoms with Crippen molar-refractivity contribution in [2.24, 2.45) is 5.18 Å². The van der Waals surface area contributed by atoms with Gasteiger partial charge in [0.2, 0.25) is 0 Å². The molecule has 0 aliphatic carbocycles. The molecule has 0 amide bonds. The first-order valence-electron chi connectivity index (χ1n) is 9.07. The zero-order valence-corrected chi connectivity index (χ0v) is 15.9. The summed E-state index contributed by atoms with van der Waals surface area (Å²) < 4.78 is 12.7. The van der Waals surface area contributed by atoms with Crippen LogP contribution in [0.5, 0.6) is 11.5 Å². The molecule has 5 nitrogen and oxygen atoms in total. The summed E-state index contributed by atoms with van der Waals surface area (Å²) in [7, 11) is 3.29. The largest absolute Gasteiger partial charge is 0.497 e. The van der Waals surface area contributed by atoms with Gasteiger partial charge in [-0.2, -0.15) is 0 Å². The van der Waals surface area contributed by atoms with Crippen LogP contribution in [0.4, 0.5) is 5.69 Å². The lowest BCUT2D eigenvalue weighted by Gasteiger charge is -2.14. The lowest BCUT2D eigenvalue weighted by atomic mass is 10.1. The van der Waals surface area contributed by atoms with Crippen molar-refractivity contribution in [2.75, 3.05) is 14.2 Å². The Labute approximate surface area is 159 Å². The molecule has 2 aromatic carbocycles. The molecule has 0 aliphatic rings. The summed E-state index contributed by atoms with van der Waals surface area (Å²) in [5.74, 6) is 1.58. The van der Waals surface area contributed by atoms with E-state index in [1.807, 2.05) is 54.6 Å². The Morgan fingerprint density at radius 2 is 1.44 bits per heavy atom. The van der Waals surface area contributed by atoms with Gasteiger partial charge in [0.15, 0.2) is 0 Å². The summed E-state index contributed by atoms with van der Waals surface area (Å²) >= 11 is 0. The van der Waals surface area contributed by atoms with E-state index in [4.69, 9.17) is 9.47 Å². The average molecular weight is 364 g/mol. The number of rotatable bonds is 8. The molecule has 27 heavy (non-hydrogen) atoms. The normalized spacial score (nSPS) is 10.6. The molecule has 0 saturated carbocycles. The summed E-state index contributed by atoms with van der Waals surface area (Å²) in [6.07, 6.45) is 2.07. The first-order valence-corrected chi connectivity index (χ1v) is 9.07. The van der Waals surface area contributed by atoms with Crippen LogP contribution in [0.2, 0.25) is 0 Å². The van der Waals surface area contributed by atoms with Gasteiger partial charge in [0.1, 0.15) is 17.2 Å². The van der Waals surface area contributed by atoms with E-state index in [9.17, 15) is 4.91 Å². The Balaban J connectivity index is 2.15. The number of hydrogen-bond donors (Lipinski definition) is 0. The van der Waals surface area contributed by atoms with Crippen molar-refractivity contribution in [1.82, 2.24) is 4.57 Å². The van der Waals surface area contributed by atoms with Crippen molar-refractivity contribution in [2.45, 2.75) is 26.3 Å². The fraction of sp³-hybridized carbons (Fsp3) is 0.273. The minimum atomic E-state index is 0.446. The van der Waals surface area contributed by atoms with Gasteiger partial charge < -0.3 is 14.0 Å². The van der Waals surface area contributed by atoms with Crippen molar-refractivity contribution in [3.63, 3.8) is 0 Å². The van der Waals surface area contributed by atoms with E-state index in [2.05, 4.69) is 16.7 Å². The zero-order valence-electron chi connectivity index (χ0n) is 15.9. The van der Waals surface area contributed by atoms with Gasteiger partial charge in [0.25, 0.3) is 0 Å². The fourth-order valence-electron chi connectivity index (χ4n) is 3.21. The lowest BCUT2D eigenvalue weighted by Crippen LogP contribution is -2.02. The van der Waals surface area contributed by atoms with Gasteiger partial charge in [-0.25, -0.2) is 0 Å². The van der Waals surface area contributed by atoms with Crippen LogP contribution in [-0.2, 0) is 6.54 Å². The van der Waals surface area contributed by atoms with Crippen molar-refractivity contribution in [3.8, 4) is 34.0 Å². The molecule has 3 rings (SSSR count). The quantitative estimate of drug-likeness (QED) is 0.458. The first-order chi connectivity index (χ1) is 13.2. The highest BCUT2D eigenvalue weighted by atomic mass is 16.5. The summed E-state index contributed by atoms with van der Waals surface area (Å²) in [5, 5.41) is 3.31. The Morgan fingerprint density at radius 3 is 1.93 bits per heavy atom. The predicted octanol–water partition coefficient (Wildman–Crippen LogP) is 6.04. The van der Waals surface area contributed by atoms with Gasteiger partial charge >= 0.3 is 0 Å². The molecular weight excluding hydrogens is 340 g/mol. The molecule has 0 aliphatic heterocycles. The van der Waals surface area contributed by atoms with E-state index in [0.29, 0.717) is 5.69 Å². The monoisotopic (exact) mass is 364 g/mol. The second-order valence-corrected chi connectivity index (χ2v) is 6.32. The number of hydrogen-bond acceptors (Lipinski definition) is 4. The van der Waals surface area contributed by atoms with Crippen molar-refractivity contribution in [3.05, 3.63) is 59.5 Å². The maximum atomic E-state index is 11.6. The van der Waals surface area contributed by atoms with Crippen molar-refractivity contribution >= 4 is 5.69 Å². The molecule has 0 bridgehead atoms. The lowest BCUT2D eigenvalue weighted by molar-refractivity contribution is 0.415. The maximum absolute atomic E-state index is 11.6. The van der Waals surface area contributed by atoms with Crippen LogP contribution in [0.1, 0.15) is 19.8 Å². The number of methoxy groups -OCH3 is 2. The van der Waals surface area contributed by atoms with Crippen LogP contribution in [0.3, 0.4) is 0 Å². The number of ether oxygens (including phenoxy) is 2. The number of unbranched alkanes of at least 4 members (excludes halogenated alkanes) is 1. The van der Waals surface area contributed by atoms with E-state index in [1.54, 1.807) is 14.2 Å². The molecule has 0 atom stereocenters. The van der Waals surface area contributed by atoms with E-state index in [-0.39, 0.29) is 0 Å². The predicted molar refractivity (Wildman–Crippen MR) is 109 cm³/mol. The Kier molecular flexibility index (Phi) is 5.91. The summed E-state index contributed by atoms with van der Waals surface area (Å²) in [6, 6.07) is 17.4.